The number of hydrogen-bond donors (Lipinski definition) is 1. The molecule has 1 aliphatic heterocycles. The fraction of sp³-hybridized carbons (Fsp3) is 0.857. The van der Waals surface area contributed by atoms with E-state index >= 15 is 0 Å². The summed E-state index contributed by atoms with van der Waals surface area (Å²) in [5.41, 5.74) is 5.33. The minimum absolute atomic E-state index is 0.167. The van der Waals surface area contributed by atoms with E-state index in [0.29, 0.717) is 16.9 Å². The molecule has 19 heavy (non-hydrogen) atoms. The topological polar surface area (TPSA) is 49.6 Å². The standard InChI is InChI=1S/C14H25N3OS/c1-4-16-5-6-17(9-11(16)3)13(18)14(12(15)19)7-10(2)8-14/h10-11H,4-9H2,1-3H3,(H2,15,19). The molecule has 1 amide bonds. The Morgan fingerprint density at radius 2 is 2.00 bits per heavy atom. The zero-order chi connectivity index (χ0) is 14.2. The molecule has 0 radical (unpaired) electrons. The van der Waals surface area contributed by atoms with Crippen LogP contribution in [0.25, 0.3) is 0 Å². The van der Waals surface area contributed by atoms with Gasteiger partial charge in [-0.25, -0.2) is 0 Å². The second-order valence-electron chi connectivity index (χ2n) is 6.19. The minimum Gasteiger partial charge on any atom is -0.392 e. The first-order valence-electron chi connectivity index (χ1n) is 7.24. The predicted octanol–water partition coefficient (Wildman–Crippen LogP) is 1.24. The molecule has 1 aliphatic carbocycles. The third-order valence-corrected chi connectivity index (χ3v) is 5.12. The highest BCUT2D eigenvalue weighted by atomic mass is 32.1. The van der Waals surface area contributed by atoms with Gasteiger partial charge in [0.1, 0.15) is 0 Å². The van der Waals surface area contributed by atoms with Crippen LogP contribution < -0.4 is 5.73 Å². The van der Waals surface area contributed by atoms with E-state index in [2.05, 4.69) is 25.7 Å². The molecule has 2 rings (SSSR count). The number of nitrogens with two attached hydrogens (primary N) is 1. The van der Waals surface area contributed by atoms with Gasteiger partial charge in [0.15, 0.2) is 0 Å². The quantitative estimate of drug-likeness (QED) is 0.792. The van der Waals surface area contributed by atoms with Crippen LogP contribution >= 0.6 is 12.2 Å². The van der Waals surface area contributed by atoms with Gasteiger partial charge in [-0.1, -0.05) is 26.1 Å². The SMILES string of the molecule is CCN1CCN(C(=O)C2(C(N)=S)CC(C)C2)CC1C. The third kappa shape index (κ3) is 2.50. The molecule has 0 spiro atoms. The molecule has 0 aromatic rings. The number of piperazine rings is 1. The van der Waals surface area contributed by atoms with Gasteiger partial charge in [0, 0.05) is 25.7 Å². The number of rotatable bonds is 3. The lowest BCUT2D eigenvalue weighted by atomic mass is 9.61. The lowest BCUT2D eigenvalue weighted by molar-refractivity contribution is -0.147. The van der Waals surface area contributed by atoms with Gasteiger partial charge >= 0.3 is 0 Å². The van der Waals surface area contributed by atoms with Crippen molar-refractivity contribution in [2.45, 2.75) is 39.7 Å². The maximum absolute atomic E-state index is 12.8. The highest BCUT2D eigenvalue weighted by molar-refractivity contribution is 7.80. The van der Waals surface area contributed by atoms with E-state index in [1.165, 1.54) is 0 Å². The zero-order valence-electron chi connectivity index (χ0n) is 12.2. The van der Waals surface area contributed by atoms with Crippen molar-refractivity contribution in [2.75, 3.05) is 26.2 Å². The molecule has 0 bridgehead atoms. The second kappa shape index (κ2) is 5.37. The van der Waals surface area contributed by atoms with Crippen LogP contribution in [-0.2, 0) is 4.79 Å². The lowest BCUT2D eigenvalue weighted by Gasteiger charge is -2.49. The Labute approximate surface area is 121 Å². The van der Waals surface area contributed by atoms with Crippen molar-refractivity contribution in [2.24, 2.45) is 17.1 Å². The third-order valence-electron chi connectivity index (χ3n) is 4.73. The Bertz CT molecular complexity index is 379. The van der Waals surface area contributed by atoms with Crippen LogP contribution in [0.4, 0.5) is 0 Å². The average molecular weight is 283 g/mol. The molecule has 1 saturated heterocycles. The highest BCUT2D eigenvalue weighted by Crippen LogP contribution is 2.47. The first-order chi connectivity index (χ1) is 8.90. The molecule has 2 fully saturated rings. The number of hydrogen-bond acceptors (Lipinski definition) is 3. The molecule has 2 N–H and O–H groups in total. The van der Waals surface area contributed by atoms with E-state index in [0.717, 1.165) is 39.0 Å². The van der Waals surface area contributed by atoms with Gasteiger partial charge in [0.05, 0.1) is 10.4 Å². The van der Waals surface area contributed by atoms with Crippen molar-refractivity contribution in [3.05, 3.63) is 0 Å². The van der Waals surface area contributed by atoms with Crippen LogP contribution in [0.2, 0.25) is 0 Å². The van der Waals surface area contributed by atoms with Crippen LogP contribution in [0.15, 0.2) is 0 Å². The van der Waals surface area contributed by atoms with E-state index in [1.807, 2.05) is 4.90 Å². The monoisotopic (exact) mass is 283 g/mol. The highest BCUT2D eigenvalue weighted by Gasteiger charge is 2.52. The van der Waals surface area contributed by atoms with Gasteiger partial charge in [-0.05, 0) is 32.2 Å². The Hall–Kier alpha value is -0.680. The summed E-state index contributed by atoms with van der Waals surface area (Å²) in [5.74, 6) is 0.723. The molecule has 108 valence electrons. The minimum atomic E-state index is -0.539. The molecule has 4 nitrogen and oxygen atoms in total. The number of carbonyl (C=O) groups excluding carboxylic acids is 1. The molecule has 1 saturated carbocycles. The lowest BCUT2D eigenvalue weighted by Crippen LogP contribution is -2.61. The largest absolute Gasteiger partial charge is 0.392 e. The Morgan fingerprint density at radius 3 is 2.42 bits per heavy atom. The van der Waals surface area contributed by atoms with Crippen molar-refractivity contribution in [3.8, 4) is 0 Å². The molecule has 0 aromatic heterocycles. The molecule has 0 aromatic carbocycles. The van der Waals surface area contributed by atoms with E-state index < -0.39 is 5.41 Å². The van der Waals surface area contributed by atoms with Crippen molar-refractivity contribution >= 4 is 23.1 Å². The molecule has 5 heteroatoms. The second-order valence-corrected chi connectivity index (χ2v) is 6.63. The van der Waals surface area contributed by atoms with Crippen LogP contribution in [0, 0.1) is 11.3 Å². The van der Waals surface area contributed by atoms with Crippen LogP contribution in [0.5, 0.6) is 0 Å². The molecular weight excluding hydrogens is 258 g/mol. The molecular formula is C14H25N3OS. The van der Waals surface area contributed by atoms with Crippen LogP contribution in [0.3, 0.4) is 0 Å². The number of likely N-dealkylation sites (N-methyl/N-ethyl adjacent to an activating group) is 1. The number of carbonyl (C=O) groups is 1. The smallest absolute Gasteiger partial charge is 0.235 e. The molecule has 1 heterocycles. The van der Waals surface area contributed by atoms with Gasteiger partial charge in [-0.3, -0.25) is 9.69 Å². The maximum Gasteiger partial charge on any atom is 0.235 e. The van der Waals surface area contributed by atoms with Crippen LogP contribution in [0.1, 0.15) is 33.6 Å². The molecule has 1 unspecified atom stereocenters. The summed E-state index contributed by atoms with van der Waals surface area (Å²) in [6, 6.07) is 0.420. The normalized spacial score (nSPS) is 35.8. The zero-order valence-corrected chi connectivity index (χ0v) is 13.0. The summed E-state index contributed by atoms with van der Waals surface area (Å²) in [4.78, 5) is 17.5. The van der Waals surface area contributed by atoms with Crippen LogP contribution in [-0.4, -0.2) is 52.9 Å². The Kier molecular flexibility index (Phi) is 4.16. The van der Waals surface area contributed by atoms with E-state index in [-0.39, 0.29) is 5.91 Å². The summed E-state index contributed by atoms with van der Waals surface area (Å²) in [6.07, 6.45) is 1.65. The van der Waals surface area contributed by atoms with Crippen molar-refractivity contribution in [3.63, 3.8) is 0 Å². The van der Waals surface area contributed by atoms with Crippen molar-refractivity contribution in [1.82, 2.24) is 9.80 Å². The Balaban J connectivity index is 2.06. The van der Waals surface area contributed by atoms with Gasteiger partial charge in [-0.15, -0.1) is 0 Å². The summed E-state index contributed by atoms with van der Waals surface area (Å²) in [6.45, 7) is 10.1. The first-order valence-corrected chi connectivity index (χ1v) is 7.65. The summed E-state index contributed by atoms with van der Waals surface area (Å²) in [7, 11) is 0. The molecule has 2 aliphatic rings. The first kappa shape index (κ1) is 14.7. The number of nitrogens with zero attached hydrogens (tertiary/aromatic N) is 2. The fourth-order valence-corrected chi connectivity index (χ4v) is 3.82. The average Bonchev–Trinajstić information content (AvgIpc) is 2.33. The number of thiocarbonyl (C=S) groups is 1. The number of amides is 1. The van der Waals surface area contributed by atoms with E-state index in [4.69, 9.17) is 18.0 Å². The van der Waals surface area contributed by atoms with Gasteiger partial charge in [0.25, 0.3) is 0 Å². The van der Waals surface area contributed by atoms with E-state index in [1.54, 1.807) is 0 Å². The summed E-state index contributed by atoms with van der Waals surface area (Å²) >= 11 is 5.17. The molecule has 1 atom stereocenters. The van der Waals surface area contributed by atoms with Crippen molar-refractivity contribution < 1.29 is 4.79 Å². The van der Waals surface area contributed by atoms with E-state index in [9.17, 15) is 4.79 Å². The van der Waals surface area contributed by atoms with Gasteiger partial charge < -0.3 is 10.6 Å². The van der Waals surface area contributed by atoms with Crippen molar-refractivity contribution in [1.29, 1.82) is 0 Å². The van der Waals surface area contributed by atoms with Gasteiger partial charge in [-0.2, -0.15) is 0 Å². The maximum atomic E-state index is 12.8. The predicted molar refractivity (Wildman–Crippen MR) is 80.9 cm³/mol. The summed E-state index contributed by atoms with van der Waals surface area (Å²) < 4.78 is 0. The fourth-order valence-electron chi connectivity index (χ4n) is 3.56. The summed E-state index contributed by atoms with van der Waals surface area (Å²) in [5, 5.41) is 0. The van der Waals surface area contributed by atoms with Gasteiger partial charge in [0.2, 0.25) is 5.91 Å². The Morgan fingerprint density at radius 1 is 1.37 bits per heavy atom.